The molecule has 3 aromatic carbocycles. The summed E-state index contributed by atoms with van der Waals surface area (Å²) in [6.45, 7) is 5.79. The van der Waals surface area contributed by atoms with Crippen LogP contribution in [0.4, 0.5) is 0 Å². The summed E-state index contributed by atoms with van der Waals surface area (Å²) >= 11 is 0. The highest BCUT2D eigenvalue weighted by Gasteiger charge is 2.16. The summed E-state index contributed by atoms with van der Waals surface area (Å²) in [5.74, 6) is 0.793. The van der Waals surface area contributed by atoms with Crippen LogP contribution in [-0.2, 0) is 13.1 Å². The monoisotopic (exact) mass is 430 g/mol. The third-order valence-electron chi connectivity index (χ3n) is 6.31. The van der Waals surface area contributed by atoms with Crippen molar-refractivity contribution in [2.45, 2.75) is 45.0 Å². The number of nitrogens with one attached hydrogen (secondary N) is 2. The lowest BCUT2D eigenvalue weighted by Crippen LogP contribution is -2.38. The lowest BCUT2D eigenvalue weighted by molar-refractivity contribution is 0.0792. The van der Waals surface area contributed by atoms with Gasteiger partial charge in [0, 0.05) is 33.2 Å². The van der Waals surface area contributed by atoms with Gasteiger partial charge in [-0.15, -0.1) is 0 Å². The van der Waals surface area contributed by atoms with E-state index in [1.165, 1.54) is 27.5 Å². The SMILES string of the molecule is CN=C(NCc1ccc(CN2CCC(O)CC2)cc1)NC(C)c1cccc2ccccc12. The largest absolute Gasteiger partial charge is 0.393 e. The first-order valence-corrected chi connectivity index (χ1v) is 11.6. The van der Waals surface area contributed by atoms with Crippen molar-refractivity contribution in [3.05, 3.63) is 83.4 Å². The zero-order valence-corrected chi connectivity index (χ0v) is 19.1. The molecule has 1 atom stereocenters. The molecule has 1 saturated heterocycles. The highest BCUT2D eigenvalue weighted by molar-refractivity contribution is 5.87. The number of rotatable bonds is 6. The normalized spacial score (nSPS) is 16.8. The van der Waals surface area contributed by atoms with Crippen LogP contribution in [0.25, 0.3) is 10.8 Å². The van der Waals surface area contributed by atoms with Crippen LogP contribution in [0, 0.1) is 0 Å². The highest BCUT2D eigenvalue weighted by atomic mass is 16.3. The highest BCUT2D eigenvalue weighted by Crippen LogP contribution is 2.24. The zero-order valence-electron chi connectivity index (χ0n) is 19.1. The standard InChI is InChI=1S/C27H34N4O/c1-20(25-9-5-7-23-6-3-4-8-26(23)25)30-27(28-2)29-18-21-10-12-22(13-11-21)19-31-16-14-24(32)15-17-31/h3-13,20,24,32H,14-19H2,1-2H3,(H2,28,29,30). The van der Waals surface area contributed by atoms with Crippen LogP contribution < -0.4 is 10.6 Å². The van der Waals surface area contributed by atoms with Crippen molar-refractivity contribution >= 4 is 16.7 Å². The predicted octanol–water partition coefficient (Wildman–Crippen LogP) is 4.22. The van der Waals surface area contributed by atoms with Crippen molar-refractivity contribution < 1.29 is 5.11 Å². The summed E-state index contributed by atoms with van der Waals surface area (Å²) in [5, 5.41) is 19.2. The third-order valence-corrected chi connectivity index (χ3v) is 6.31. The number of aliphatic hydroxyl groups is 1. The van der Waals surface area contributed by atoms with Crippen molar-refractivity contribution in [2.75, 3.05) is 20.1 Å². The minimum atomic E-state index is -0.119. The Kier molecular flexibility index (Phi) is 7.40. The van der Waals surface area contributed by atoms with Crippen molar-refractivity contribution in [1.29, 1.82) is 0 Å². The molecule has 0 radical (unpaired) electrons. The summed E-state index contributed by atoms with van der Waals surface area (Å²) in [6.07, 6.45) is 1.64. The fraction of sp³-hybridized carbons (Fsp3) is 0.370. The summed E-state index contributed by atoms with van der Waals surface area (Å²) in [4.78, 5) is 6.83. The number of fused-ring (bicyclic) bond motifs is 1. The Hall–Kier alpha value is -2.89. The second-order valence-corrected chi connectivity index (χ2v) is 8.68. The van der Waals surface area contributed by atoms with E-state index in [4.69, 9.17) is 0 Å². The van der Waals surface area contributed by atoms with E-state index < -0.39 is 0 Å². The number of nitrogens with zero attached hydrogens (tertiary/aromatic N) is 2. The van der Waals surface area contributed by atoms with Crippen LogP contribution in [0.5, 0.6) is 0 Å². The minimum Gasteiger partial charge on any atom is -0.393 e. The fourth-order valence-corrected chi connectivity index (χ4v) is 4.39. The molecule has 1 aliphatic heterocycles. The van der Waals surface area contributed by atoms with Gasteiger partial charge in [-0.25, -0.2) is 0 Å². The third kappa shape index (κ3) is 5.67. The molecule has 0 amide bonds. The van der Waals surface area contributed by atoms with Crippen LogP contribution in [0.3, 0.4) is 0 Å². The molecule has 0 spiro atoms. The maximum absolute atomic E-state index is 9.67. The molecule has 4 rings (SSSR count). The quantitative estimate of drug-likeness (QED) is 0.405. The van der Waals surface area contributed by atoms with E-state index in [9.17, 15) is 5.11 Å². The van der Waals surface area contributed by atoms with Gasteiger partial charge >= 0.3 is 0 Å². The van der Waals surface area contributed by atoms with Gasteiger partial charge in [0.15, 0.2) is 5.96 Å². The van der Waals surface area contributed by atoms with E-state index in [-0.39, 0.29) is 12.1 Å². The predicted molar refractivity (Wildman–Crippen MR) is 133 cm³/mol. The number of benzene rings is 3. The molecular formula is C27H34N4O. The van der Waals surface area contributed by atoms with Gasteiger partial charge in [-0.05, 0) is 47.2 Å². The molecule has 1 fully saturated rings. The Morgan fingerprint density at radius 1 is 1.00 bits per heavy atom. The molecule has 168 valence electrons. The minimum absolute atomic E-state index is 0.119. The van der Waals surface area contributed by atoms with Crippen LogP contribution in [0.1, 0.15) is 42.5 Å². The molecule has 5 heteroatoms. The van der Waals surface area contributed by atoms with Crippen molar-refractivity contribution in [3.8, 4) is 0 Å². The molecule has 0 aromatic heterocycles. The number of hydrogen-bond donors (Lipinski definition) is 3. The molecule has 5 nitrogen and oxygen atoms in total. The van der Waals surface area contributed by atoms with Crippen molar-refractivity contribution in [3.63, 3.8) is 0 Å². The molecule has 0 saturated carbocycles. The summed E-state index contributed by atoms with van der Waals surface area (Å²) in [6, 6.07) is 23.8. The van der Waals surface area contributed by atoms with E-state index in [1.54, 1.807) is 0 Å². The fourth-order valence-electron chi connectivity index (χ4n) is 4.39. The smallest absolute Gasteiger partial charge is 0.191 e. The molecule has 0 bridgehead atoms. The van der Waals surface area contributed by atoms with E-state index >= 15 is 0 Å². The molecule has 3 N–H and O–H groups in total. The maximum Gasteiger partial charge on any atom is 0.191 e. The molecule has 0 aliphatic carbocycles. The zero-order chi connectivity index (χ0) is 22.3. The lowest BCUT2D eigenvalue weighted by Gasteiger charge is -2.29. The Morgan fingerprint density at radius 3 is 2.44 bits per heavy atom. The molecule has 1 unspecified atom stereocenters. The van der Waals surface area contributed by atoms with Crippen molar-refractivity contribution in [2.24, 2.45) is 4.99 Å². The maximum atomic E-state index is 9.67. The Labute approximate surface area is 191 Å². The van der Waals surface area contributed by atoms with E-state index in [2.05, 4.69) is 94.2 Å². The lowest BCUT2D eigenvalue weighted by atomic mass is 10.00. The average Bonchev–Trinajstić information content (AvgIpc) is 2.83. The summed E-state index contributed by atoms with van der Waals surface area (Å²) < 4.78 is 0. The second kappa shape index (κ2) is 10.6. The van der Waals surface area contributed by atoms with Crippen LogP contribution in [0.2, 0.25) is 0 Å². The van der Waals surface area contributed by atoms with Gasteiger partial charge in [-0.3, -0.25) is 9.89 Å². The summed E-state index contributed by atoms with van der Waals surface area (Å²) in [7, 11) is 1.81. The number of aliphatic imine (C=N–C) groups is 1. The van der Waals surface area contributed by atoms with E-state index in [1.807, 2.05) is 7.05 Å². The van der Waals surface area contributed by atoms with Gasteiger partial charge in [-0.1, -0.05) is 66.7 Å². The van der Waals surface area contributed by atoms with Gasteiger partial charge in [0.05, 0.1) is 12.1 Å². The number of aliphatic hydroxyl groups excluding tert-OH is 1. The van der Waals surface area contributed by atoms with Crippen molar-refractivity contribution in [1.82, 2.24) is 15.5 Å². The molecule has 3 aromatic rings. The van der Waals surface area contributed by atoms with Crippen LogP contribution >= 0.6 is 0 Å². The van der Waals surface area contributed by atoms with Gasteiger partial charge in [-0.2, -0.15) is 0 Å². The molecular weight excluding hydrogens is 396 g/mol. The van der Waals surface area contributed by atoms with Gasteiger partial charge < -0.3 is 15.7 Å². The number of guanidine groups is 1. The topological polar surface area (TPSA) is 59.9 Å². The Balaban J connectivity index is 1.31. The first-order chi connectivity index (χ1) is 15.6. The second-order valence-electron chi connectivity index (χ2n) is 8.68. The van der Waals surface area contributed by atoms with Crippen LogP contribution in [-0.4, -0.2) is 42.2 Å². The van der Waals surface area contributed by atoms with E-state index in [0.717, 1.165) is 45.0 Å². The summed E-state index contributed by atoms with van der Waals surface area (Å²) in [5.41, 5.74) is 3.81. The van der Waals surface area contributed by atoms with Gasteiger partial charge in [0.25, 0.3) is 0 Å². The molecule has 1 aliphatic rings. The average molecular weight is 431 g/mol. The Morgan fingerprint density at radius 2 is 1.69 bits per heavy atom. The number of hydrogen-bond acceptors (Lipinski definition) is 3. The number of likely N-dealkylation sites (tertiary alicyclic amines) is 1. The van der Waals surface area contributed by atoms with E-state index in [0.29, 0.717) is 0 Å². The first-order valence-electron chi connectivity index (χ1n) is 11.6. The first kappa shape index (κ1) is 22.3. The van der Waals surface area contributed by atoms with Crippen LogP contribution in [0.15, 0.2) is 71.7 Å². The van der Waals surface area contributed by atoms with Gasteiger partial charge in [0.2, 0.25) is 0 Å². The van der Waals surface area contributed by atoms with Gasteiger partial charge in [0.1, 0.15) is 0 Å². The Bertz CT molecular complexity index is 1030. The molecule has 32 heavy (non-hydrogen) atoms. The molecule has 1 heterocycles. The number of piperidine rings is 1.